The summed E-state index contributed by atoms with van der Waals surface area (Å²) in [7, 11) is 0. The maximum Gasteiger partial charge on any atom is 0.330 e. The van der Waals surface area contributed by atoms with E-state index in [0.717, 1.165) is 32.5 Å². The predicted octanol–water partition coefficient (Wildman–Crippen LogP) is 0.810. The first kappa shape index (κ1) is 13.2. The minimum atomic E-state index is -0.279. The standard InChI is InChI=1S/C12H21NO3/c1-2-16-12(15)6-4-8-13-7-3-5-11(9-13)10-14/h4,6,11,14H,2-3,5,7-10H2,1H3/b6-4+. The van der Waals surface area contributed by atoms with E-state index in [9.17, 15) is 4.79 Å². The number of likely N-dealkylation sites (tertiary alicyclic amines) is 1. The summed E-state index contributed by atoms with van der Waals surface area (Å²) in [5, 5.41) is 9.07. The molecule has 0 radical (unpaired) electrons. The van der Waals surface area contributed by atoms with Crippen molar-refractivity contribution in [3.05, 3.63) is 12.2 Å². The zero-order valence-corrected chi connectivity index (χ0v) is 9.89. The SMILES string of the molecule is CCOC(=O)/C=C/CN1CCCC(CO)C1. The largest absolute Gasteiger partial charge is 0.463 e. The van der Waals surface area contributed by atoms with Crippen molar-refractivity contribution in [1.29, 1.82) is 0 Å². The van der Waals surface area contributed by atoms with Crippen LogP contribution in [0.4, 0.5) is 0 Å². The summed E-state index contributed by atoms with van der Waals surface area (Å²) in [6.07, 6.45) is 5.54. The smallest absolute Gasteiger partial charge is 0.330 e. The van der Waals surface area contributed by atoms with Crippen molar-refractivity contribution in [2.75, 3.05) is 32.8 Å². The van der Waals surface area contributed by atoms with Crippen LogP contribution in [0.25, 0.3) is 0 Å². The molecule has 1 unspecified atom stereocenters. The summed E-state index contributed by atoms with van der Waals surface area (Å²) in [5.74, 6) is 0.114. The Morgan fingerprint density at radius 1 is 1.62 bits per heavy atom. The van der Waals surface area contributed by atoms with E-state index in [0.29, 0.717) is 12.5 Å². The van der Waals surface area contributed by atoms with E-state index in [1.807, 2.05) is 6.08 Å². The normalized spacial score (nSPS) is 22.5. The lowest BCUT2D eigenvalue weighted by Gasteiger charge is -2.30. The highest BCUT2D eigenvalue weighted by Gasteiger charge is 2.17. The summed E-state index contributed by atoms with van der Waals surface area (Å²) in [4.78, 5) is 13.3. The molecule has 1 aliphatic rings. The monoisotopic (exact) mass is 227 g/mol. The molecule has 0 aromatic rings. The number of nitrogens with zero attached hydrogens (tertiary/aromatic N) is 1. The molecule has 4 heteroatoms. The lowest BCUT2D eigenvalue weighted by atomic mass is 9.99. The Balaban J connectivity index is 2.23. The maximum atomic E-state index is 11.0. The van der Waals surface area contributed by atoms with Gasteiger partial charge < -0.3 is 9.84 Å². The highest BCUT2D eigenvalue weighted by atomic mass is 16.5. The molecule has 92 valence electrons. The van der Waals surface area contributed by atoms with Gasteiger partial charge in [-0.3, -0.25) is 4.90 Å². The molecule has 0 aromatic heterocycles. The van der Waals surface area contributed by atoms with Crippen LogP contribution in [0.1, 0.15) is 19.8 Å². The van der Waals surface area contributed by atoms with Gasteiger partial charge in [0.25, 0.3) is 0 Å². The van der Waals surface area contributed by atoms with Gasteiger partial charge in [0.1, 0.15) is 0 Å². The molecule has 1 heterocycles. The topological polar surface area (TPSA) is 49.8 Å². The van der Waals surface area contributed by atoms with Gasteiger partial charge in [-0.1, -0.05) is 6.08 Å². The van der Waals surface area contributed by atoms with E-state index < -0.39 is 0 Å². The fourth-order valence-corrected chi connectivity index (χ4v) is 1.95. The fraction of sp³-hybridized carbons (Fsp3) is 0.750. The van der Waals surface area contributed by atoms with Crippen molar-refractivity contribution in [2.24, 2.45) is 5.92 Å². The number of hydrogen-bond acceptors (Lipinski definition) is 4. The number of piperidine rings is 1. The van der Waals surface area contributed by atoms with Crippen molar-refractivity contribution in [3.63, 3.8) is 0 Å². The number of carbonyl (C=O) groups is 1. The molecule has 1 fully saturated rings. The molecule has 1 aliphatic heterocycles. The zero-order valence-electron chi connectivity index (χ0n) is 9.89. The van der Waals surface area contributed by atoms with Crippen LogP contribution in [0.3, 0.4) is 0 Å². The number of carbonyl (C=O) groups excluding carboxylic acids is 1. The van der Waals surface area contributed by atoms with E-state index in [-0.39, 0.29) is 12.6 Å². The van der Waals surface area contributed by atoms with Crippen LogP contribution < -0.4 is 0 Å². The zero-order chi connectivity index (χ0) is 11.8. The van der Waals surface area contributed by atoms with Crippen molar-refractivity contribution in [3.8, 4) is 0 Å². The first-order valence-corrected chi connectivity index (χ1v) is 5.92. The number of hydrogen-bond donors (Lipinski definition) is 1. The molecule has 4 nitrogen and oxygen atoms in total. The van der Waals surface area contributed by atoms with Crippen molar-refractivity contribution in [1.82, 2.24) is 4.90 Å². The van der Waals surface area contributed by atoms with Gasteiger partial charge in [0, 0.05) is 25.8 Å². The van der Waals surface area contributed by atoms with Crippen LogP contribution in [0, 0.1) is 5.92 Å². The quantitative estimate of drug-likeness (QED) is 0.558. The number of ether oxygens (including phenoxy) is 1. The average molecular weight is 227 g/mol. The third kappa shape index (κ3) is 4.77. The third-order valence-corrected chi connectivity index (χ3v) is 2.77. The molecule has 0 amide bonds. The van der Waals surface area contributed by atoms with Crippen molar-refractivity contribution >= 4 is 5.97 Å². The van der Waals surface area contributed by atoms with Crippen molar-refractivity contribution in [2.45, 2.75) is 19.8 Å². The molecular weight excluding hydrogens is 206 g/mol. The minimum Gasteiger partial charge on any atom is -0.463 e. The van der Waals surface area contributed by atoms with E-state index in [2.05, 4.69) is 4.90 Å². The predicted molar refractivity (Wildman–Crippen MR) is 62.0 cm³/mol. The molecular formula is C12H21NO3. The number of esters is 1. The van der Waals surface area contributed by atoms with Crippen molar-refractivity contribution < 1.29 is 14.6 Å². The van der Waals surface area contributed by atoms with Gasteiger partial charge in [0.15, 0.2) is 0 Å². The Morgan fingerprint density at radius 2 is 2.44 bits per heavy atom. The molecule has 0 bridgehead atoms. The van der Waals surface area contributed by atoms with Crippen LogP contribution in [0.15, 0.2) is 12.2 Å². The van der Waals surface area contributed by atoms with E-state index in [4.69, 9.17) is 9.84 Å². The van der Waals surface area contributed by atoms with Gasteiger partial charge in [-0.2, -0.15) is 0 Å². The van der Waals surface area contributed by atoms with Gasteiger partial charge in [0.2, 0.25) is 0 Å². The van der Waals surface area contributed by atoms with Crippen LogP contribution in [-0.2, 0) is 9.53 Å². The first-order valence-electron chi connectivity index (χ1n) is 5.92. The second kappa shape index (κ2) is 7.41. The van der Waals surface area contributed by atoms with Gasteiger partial charge in [-0.05, 0) is 32.2 Å². The highest BCUT2D eigenvalue weighted by Crippen LogP contribution is 2.15. The highest BCUT2D eigenvalue weighted by molar-refractivity contribution is 5.81. The Kier molecular flexibility index (Phi) is 6.11. The minimum absolute atomic E-state index is 0.262. The summed E-state index contributed by atoms with van der Waals surface area (Å²) in [6, 6.07) is 0. The second-order valence-electron chi connectivity index (χ2n) is 4.10. The van der Waals surface area contributed by atoms with Crippen LogP contribution in [0.2, 0.25) is 0 Å². The van der Waals surface area contributed by atoms with Gasteiger partial charge in [-0.25, -0.2) is 4.79 Å². The Hall–Kier alpha value is -0.870. The van der Waals surface area contributed by atoms with Crippen LogP contribution in [0.5, 0.6) is 0 Å². The molecule has 1 rings (SSSR count). The van der Waals surface area contributed by atoms with E-state index in [1.165, 1.54) is 6.08 Å². The molecule has 0 spiro atoms. The Morgan fingerprint density at radius 3 is 3.12 bits per heavy atom. The first-order chi connectivity index (χ1) is 7.76. The number of rotatable bonds is 5. The maximum absolute atomic E-state index is 11.0. The second-order valence-corrected chi connectivity index (χ2v) is 4.10. The molecule has 0 aromatic carbocycles. The average Bonchev–Trinajstić information content (AvgIpc) is 2.30. The van der Waals surface area contributed by atoms with Gasteiger partial charge >= 0.3 is 5.97 Å². The number of aliphatic hydroxyl groups is 1. The summed E-state index contributed by atoms with van der Waals surface area (Å²) >= 11 is 0. The van der Waals surface area contributed by atoms with E-state index in [1.54, 1.807) is 6.92 Å². The van der Waals surface area contributed by atoms with E-state index >= 15 is 0 Å². The number of aliphatic hydroxyl groups excluding tert-OH is 1. The Labute approximate surface area is 96.9 Å². The molecule has 1 atom stereocenters. The molecule has 0 aliphatic carbocycles. The third-order valence-electron chi connectivity index (χ3n) is 2.77. The summed E-state index contributed by atoms with van der Waals surface area (Å²) in [5.41, 5.74) is 0. The molecule has 1 N–H and O–H groups in total. The van der Waals surface area contributed by atoms with Crippen LogP contribution in [-0.4, -0.2) is 48.8 Å². The van der Waals surface area contributed by atoms with Gasteiger partial charge in [0.05, 0.1) is 6.61 Å². The fourth-order valence-electron chi connectivity index (χ4n) is 1.95. The summed E-state index contributed by atoms with van der Waals surface area (Å²) < 4.78 is 4.79. The molecule has 16 heavy (non-hydrogen) atoms. The Bertz CT molecular complexity index is 240. The van der Waals surface area contributed by atoms with Crippen LogP contribution >= 0.6 is 0 Å². The molecule has 0 saturated carbocycles. The van der Waals surface area contributed by atoms with Gasteiger partial charge in [-0.15, -0.1) is 0 Å². The lowest BCUT2D eigenvalue weighted by Crippen LogP contribution is -2.36. The molecule has 1 saturated heterocycles. The lowest BCUT2D eigenvalue weighted by molar-refractivity contribution is -0.137. The summed E-state index contributed by atoms with van der Waals surface area (Å²) in [6.45, 7) is 5.20.